The third kappa shape index (κ3) is 7.80. The molecule has 3 amide bonds. The molecule has 10 heteroatoms. The lowest BCUT2D eigenvalue weighted by molar-refractivity contribution is -0.130. The number of halogens is 2. The normalized spacial score (nSPS) is 19.0. The van der Waals surface area contributed by atoms with Crippen molar-refractivity contribution in [1.82, 2.24) is 15.5 Å². The van der Waals surface area contributed by atoms with Crippen molar-refractivity contribution in [1.29, 1.82) is 0 Å². The van der Waals surface area contributed by atoms with Gasteiger partial charge in [0.25, 0.3) is 0 Å². The molecule has 220 valence electrons. The molecule has 0 bridgehead atoms. The number of amides is 3. The number of ether oxygens (including phenoxy) is 1. The van der Waals surface area contributed by atoms with Crippen LogP contribution in [0.5, 0.6) is 5.75 Å². The first kappa shape index (κ1) is 30.8. The Morgan fingerprint density at radius 3 is 2.44 bits per heavy atom. The van der Waals surface area contributed by atoms with Crippen molar-refractivity contribution < 1.29 is 23.9 Å². The predicted molar refractivity (Wildman–Crippen MR) is 158 cm³/mol. The van der Waals surface area contributed by atoms with Crippen molar-refractivity contribution in [2.75, 3.05) is 13.1 Å². The maximum absolute atomic E-state index is 13.9. The minimum Gasteiger partial charge on any atom is -0.410 e. The van der Waals surface area contributed by atoms with Crippen LogP contribution in [0.1, 0.15) is 57.9 Å². The standard InChI is InChI=1S/C31H37Cl2N3O5/c1-20(2)15-27(29(39)35-25(18-37)16-21-11-14-34-28(21)38)36(30(40)41-26-9-7-23(32)8-10-26)19-31(12-4-13-31)22-5-3-6-24(33)17-22/h3,5-10,17-18,20-21,25,27H,4,11-16,19H2,1-2H3,(H,34,38)(H,35,39). The molecule has 1 saturated heterocycles. The molecular formula is C31H37Cl2N3O5. The van der Waals surface area contributed by atoms with Gasteiger partial charge in [-0.25, -0.2) is 4.79 Å². The number of benzene rings is 2. The maximum atomic E-state index is 13.9. The summed E-state index contributed by atoms with van der Waals surface area (Å²) in [5, 5.41) is 6.69. The molecule has 0 aromatic heterocycles. The van der Waals surface area contributed by atoms with Gasteiger partial charge in [0.15, 0.2) is 0 Å². The summed E-state index contributed by atoms with van der Waals surface area (Å²) in [5.41, 5.74) is 0.605. The monoisotopic (exact) mass is 601 g/mol. The number of hydrogen-bond acceptors (Lipinski definition) is 5. The fourth-order valence-corrected chi connectivity index (χ4v) is 5.99. The highest BCUT2D eigenvalue weighted by Crippen LogP contribution is 2.45. The molecule has 0 spiro atoms. The van der Waals surface area contributed by atoms with Gasteiger partial charge in [-0.05, 0) is 80.0 Å². The van der Waals surface area contributed by atoms with Gasteiger partial charge >= 0.3 is 6.09 Å². The highest BCUT2D eigenvalue weighted by Gasteiger charge is 2.45. The lowest BCUT2D eigenvalue weighted by Gasteiger charge is -2.47. The second kappa shape index (κ2) is 13.7. The first-order valence-electron chi connectivity index (χ1n) is 14.1. The fourth-order valence-electron chi connectivity index (χ4n) is 5.68. The molecule has 1 saturated carbocycles. The number of carbonyl (C=O) groups is 4. The largest absolute Gasteiger partial charge is 0.415 e. The summed E-state index contributed by atoms with van der Waals surface area (Å²) in [5.74, 6) is -0.567. The Balaban J connectivity index is 1.64. The summed E-state index contributed by atoms with van der Waals surface area (Å²) < 4.78 is 5.77. The van der Waals surface area contributed by atoms with Crippen molar-refractivity contribution in [3.63, 3.8) is 0 Å². The second-order valence-corrected chi connectivity index (χ2v) is 12.4. The first-order chi connectivity index (χ1) is 19.6. The molecule has 1 aliphatic carbocycles. The average molecular weight is 603 g/mol. The number of rotatable bonds is 12. The molecule has 8 nitrogen and oxygen atoms in total. The molecule has 41 heavy (non-hydrogen) atoms. The molecule has 2 N–H and O–H groups in total. The van der Waals surface area contributed by atoms with Gasteiger partial charge in [0.05, 0.1) is 6.04 Å². The molecule has 1 heterocycles. The van der Waals surface area contributed by atoms with Crippen LogP contribution >= 0.6 is 23.2 Å². The Labute approximate surface area is 251 Å². The zero-order chi connectivity index (χ0) is 29.6. The van der Waals surface area contributed by atoms with Crippen LogP contribution in [-0.2, 0) is 19.8 Å². The minimum atomic E-state index is -0.911. The van der Waals surface area contributed by atoms with Gasteiger partial charge in [0.1, 0.15) is 18.1 Å². The molecule has 1 aliphatic heterocycles. The Bertz CT molecular complexity index is 1250. The van der Waals surface area contributed by atoms with Gasteiger partial charge in [0, 0.05) is 34.5 Å². The van der Waals surface area contributed by atoms with Crippen molar-refractivity contribution >= 4 is 47.4 Å². The summed E-state index contributed by atoms with van der Waals surface area (Å²) in [6, 6.07) is 12.3. The SMILES string of the molecule is CC(C)CC(C(=O)NC(C=O)CC1CCNC1=O)N(CC1(c2cccc(Cl)c2)CCC1)C(=O)Oc1ccc(Cl)cc1. The Morgan fingerprint density at radius 2 is 1.88 bits per heavy atom. The van der Waals surface area contributed by atoms with E-state index >= 15 is 0 Å². The smallest absolute Gasteiger partial charge is 0.410 e. The number of nitrogens with one attached hydrogen (secondary N) is 2. The molecular weight excluding hydrogens is 565 g/mol. The van der Waals surface area contributed by atoms with Crippen LogP contribution in [0.4, 0.5) is 4.79 Å². The van der Waals surface area contributed by atoms with Crippen LogP contribution in [0.2, 0.25) is 10.0 Å². The minimum absolute atomic E-state index is 0.0513. The summed E-state index contributed by atoms with van der Waals surface area (Å²) in [6.45, 7) is 4.73. The second-order valence-electron chi connectivity index (χ2n) is 11.5. The van der Waals surface area contributed by atoms with E-state index in [4.69, 9.17) is 27.9 Å². The van der Waals surface area contributed by atoms with Gasteiger partial charge in [-0.15, -0.1) is 0 Å². The molecule has 3 atom stereocenters. The van der Waals surface area contributed by atoms with Crippen LogP contribution in [0, 0.1) is 11.8 Å². The van der Waals surface area contributed by atoms with Gasteiger partial charge < -0.3 is 20.2 Å². The third-order valence-corrected chi connectivity index (χ3v) is 8.53. The predicted octanol–water partition coefficient (Wildman–Crippen LogP) is 5.54. The summed E-state index contributed by atoms with van der Waals surface area (Å²) in [4.78, 5) is 53.3. The third-order valence-electron chi connectivity index (χ3n) is 8.04. The Hall–Kier alpha value is -3.10. The number of hydrogen-bond donors (Lipinski definition) is 2. The summed E-state index contributed by atoms with van der Waals surface area (Å²) >= 11 is 12.4. The van der Waals surface area contributed by atoms with Gasteiger partial charge in [-0.1, -0.05) is 55.6 Å². The Morgan fingerprint density at radius 1 is 1.15 bits per heavy atom. The lowest BCUT2D eigenvalue weighted by atomic mass is 9.64. The van der Waals surface area contributed by atoms with Gasteiger partial charge in [-0.3, -0.25) is 14.5 Å². The van der Waals surface area contributed by atoms with Crippen molar-refractivity contribution in [2.24, 2.45) is 11.8 Å². The lowest BCUT2D eigenvalue weighted by Crippen LogP contribution is -2.58. The van der Waals surface area contributed by atoms with E-state index in [9.17, 15) is 19.2 Å². The van der Waals surface area contributed by atoms with Crippen LogP contribution in [-0.4, -0.2) is 54.3 Å². The Kier molecular flexibility index (Phi) is 10.3. The van der Waals surface area contributed by atoms with Crippen molar-refractivity contribution in [3.05, 3.63) is 64.1 Å². The van der Waals surface area contributed by atoms with E-state index in [1.165, 1.54) is 4.90 Å². The van der Waals surface area contributed by atoms with E-state index in [1.54, 1.807) is 24.3 Å². The number of aldehydes is 1. The quantitative estimate of drug-likeness (QED) is 0.311. The topological polar surface area (TPSA) is 105 Å². The van der Waals surface area contributed by atoms with E-state index in [-0.39, 0.29) is 30.7 Å². The average Bonchev–Trinajstić information content (AvgIpc) is 3.32. The zero-order valence-electron chi connectivity index (χ0n) is 23.4. The molecule has 3 unspecified atom stereocenters. The van der Waals surface area contributed by atoms with E-state index in [0.29, 0.717) is 41.5 Å². The maximum Gasteiger partial charge on any atom is 0.415 e. The fraction of sp³-hybridized carbons (Fsp3) is 0.484. The molecule has 0 radical (unpaired) electrons. The molecule has 2 aromatic carbocycles. The summed E-state index contributed by atoms with van der Waals surface area (Å²) in [6.07, 6.45) is 3.77. The van der Waals surface area contributed by atoms with E-state index in [0.717, 1.165) is 24.8 Å². The first-order valence-corrected chi connectivity index (χ1v) is 14.9. The molecule has 2 aromatic rings. The molecule has 2 fully saturated rings. The highest BCUT2D eigenvalue weighted by atomic mass is 35.5. The van der Waals surface area contributed by atoms with Crippen LogP contribution < -0.4 is 15.4 Å². The van der Waals surface area contributed by atoms with E-state index in [2.05, 4.69) is 10.6 Å². The van der Waals surface area contributed by atoms with Crippen molar-refractivity contribution in [2.45, 2.75) is 69.9 Å². The van der Waals surface area contributed by atoms with Crippen LogP contribution in [0.15, 0.2) is 48.5 Å². The number of nitrogens with zero attached hydrogens (tertiary/aromatic N) is 1. The molecule has 4 rings (SSSR count). The summed E-state index contributed by atoms with van der Waals surface area (Å²) in [7, 11) is 0. The van der Waals surface area contributed by atoms with Crippen LogP contribution in [0.25, 0.3) is 0 Å². The van der Waals surface area contributed by atoms with Crippen LogP contribution in [0.3, 0.4) is 0 Å². The van der Waals surface area contributed by atoms with E-state index < -0.39 is 29.5 Å². The van der Waals surface area contributed by atoms with Gasteiger partial charge in [-0.2, -0.15) is 0 Å². The molecule has 2 aliphatic rings. The zero-order valence-corrected chi connectivity index (χ0v) is 24.9. The van der Waals surface area contributed by atoms with Gasteiger partial charge in [0.2, 0.25) is 11.8 Å². The highest BCUT2D eigenvalue weighted by molar-refractivity contribution is 6.30. The van der Waals surface area contributed by atoms with Crippen molar-refractivity contribution in [3.8, 4) is 5.75 Å². The number of carbonyl (C=O) groups excluding carboxylic acids is 4. The van der Waals surface area contributed by atoms with E-state index in [1.807, 2.05) is 38.1 Å².